The van der Waals surface area contributed by atoms with Crippen LogP contribution in [0.25, 0.3) is 10.8 Å². The van der Waals surface area contributed by atoms with Crippen LogP contribution in [-0.4, -0.2) is 68.0 Å². The van der Waals surface area contributed by atoms with Gasteiger partial charge in [0.05, 0.1) is 38.8 Å². The Bertz CT molecular complexity index is 1160. The Kier molecular flexibility index (Phi) is 21.0. The highest BCUT2D eigenvalue weighted by molar-refractivity contribution is 5.93. The van der Waals surface area contributed by atoms with Gasteiger partial charge in [0.15, 0.2) is 5.78 Å². The molecule has 7 nitrogen and oxygen atoms in total. The van der Waals surface area contributed by atoms with Crippen molar-refractivity contribution in [1.29, 1.82) is 0 Å². The van der Waals surface area contributed by atoms with Crippen molar-refractivity contribution in [1.82, 2.24) is 5.32 Å². The van der Waals surface area contributed by atoms with Crippen LogP contribution >= 0.6 is 49.6 Å². The SMILES string of the molecule is C[N+](CCN)(CCN)CCC[C@H](N)C(=O)N[C@@H](Cc1ccccc1)C(=O)Cc1ccc2ccccc2c1.Cl.Cl.Cl.Cl. The Morgan fingerprint density at radius 3 is 1.98 bits per heavy atom. The van der Waals surface area contributed by atoms with Gasteiger partial charge in [0.25, 0.3) is 0 Å². The quantitative estimate of drug-likeness (QED) is 0.186. The maximum Gasteiger partial charge on any atom is 0.237 e. The molecule has 0 radical (unpaired) electrons. The number of nitrogens with one attached hydrogen (secondary N) is 1. The van der Waals surface area contributed by atoms with Crippen LogP contribution in [0.4, 0.5) is 0 Å². The summed E-state index contributed by atoms with van der Waals surface area (Å²) in [6.45, 7) is 3.69. The lowest BCUT2D eigenvalue weighted by atomic mass is 9.96. The van der Waals surface area contributed by atoms with E-state index >= 15 is 0 Å². The lowest BCUT2D eigenvalue weighted by Crippen LogP contribution is -2.52. The standard InChI is InChI=1S/C30H41N5O2.4ClH/c1-35(18-15-31,19-16-32)17-7-12-27(33)30(37)34-28(21-23-8-3-2-4-9-23)29(36)22-24-13-14-25-10-5-6-11-26(25)20-24;;;;/h2-6,8-11,13-14,20,27-28H,7,12,15-19,21-22,31-33H2,1H3;4*1H/p+1/t27-,28-;;;;/m0..../s1. The zero-order valence-electron chi connectivity index (χ0n) is 23.6. The summed E-state index contributed by atoms with van der Waals surface area (Å²) in [5.41, 5.74) is 19.7. The summed E-state index contributed by atoms with van der Waals surface area (Å²) in [7, 11) is 2.13. The second-order valence-electron chi connectivity index (χ2n) is 10.2. The van der Waals surface area contributed by atoms with Crippen molar-refractivity contribution in [2.45, 2.75) is 37.8 Å². The highest BCUT2D eigenvalue weighted by Gasteiger charge is 2.25. The summed E-state index contributed by atoms with van der Waals surface area (Å²) < 4.78 is 0.766. The van der Waals surface area contributed by atoms with Crippen LogP contribution in [-0.2, 0) is 22.4 Å². The van der Waals surface area contributed by atoms with Crippen LogP contribution in [0.3, 0.4) is 0 Å². The number of hydrogen-bond acceptors (Lipinski definition) is 5. The summed E-state index contributed by atoms with van der Waals surface area (Å²) in [5.74, 6) is -0.325. The third-order valence-electron chi connectivity index (χ3n) is 7.07. The highest BCUT2D eigenvalue weighted by atomic mass is 35.5. The number of halogens is 4. The van der Waals surface area contributed by atoms with Gasteiger partial charge in [-0.05, 0) is 41.2 Å². The molecule has 3 rings (SSSR count). The predicted octanol–water partition coefficient (Wildman–Crippen LogP) is 3.84. The van der Waals surface area contributed by atoms with Crippen LogP contribution in [0, 0.1) is 0 Å². The number of ketones is 1. The summed E-state index contributed by atoms with van der Waals surface area (Å²) in [4.78, 5) is 26.5. The van der Waals surface area contributed by atoms with Crippen LogP contribution in [0.1, 0.15) is 24.0 Å². The van der Waals surface area contributed by atoms with Crippen molar-refractivity contribution in [3.8, 4) is 0 Å². The molecule has 230 valence electrons. The van der Waals surface area contributed by atoms with Crippen molar-refractivity contribution in [2.24, 2.45) is 17.2 Å². The zero-order chi connectivity index (χ0) is 26.7. The molecule has 3 aromatic rings. The van der Waals surface area contributed by atoms with Crippen LogP contribution in [0.15, 0.2) is 72.8 Å². The second kappa shape index (κ2) is 20.9. The maximum atomic E-state index is 13.4. The average molecular weight is 651 g/mol. The molecular formula is C30H46Cl4N5O2+. The third-order valence-corrected chi connectivity index (χ3v) is 7.07. The van der Waals surface area contributed by atoms with E-state index in [0.717, 1.165) is 52.4 Å². The van der Waals surface area contributed by atoms with Gasteiger partial charge in [0, 0.05) is 19.5 Å². The molecule has 0 unspecified atom stereocenters. The number of nitrogens with zero attached hydrogens (tertiary/aromatic N) is 1. The number of quaternary nitrogens is 1. The molecule has 0 aromatic heterocycles. The lowest BCUT2D eigenvalue weighted by molar-refractivity contribution is -0.907. The van der Waals surface area contributed by atoms with Gasteiger partial charge in [-0.15, -0.1) is 49.6 Å². The predicted molar refractivity (Wildman–Crippen MR) is 180 cm³/mol. The fourth-order valence-electron chi connectivity index (χ4n) is 4.83. The number of amides is 1. The highest BCUT2D eigenvalue weighted by Crippen LogP contribution is 2.17. The molecule has 0 aliphatic heterocycles. The fourth-order valence-corrected chi connectivity index (χ4v) is 4.83. The van der Waals surface area contributed by atoms with Crippen LogP contribution in [0.2, 0.25) is 0 Å². The molecule has 0 aliphatic carbocycles. The molecule has 41 heavy (non-hydrogen) atoms. The van der Waals surface area contributed by atoms with Crippen molar-refractivity contribution in [2.75, 3.05) is 39.8 Å². The number of benzene rings is 3. The van der Waals surface area contributed by atoms with E-state index in [4.69, 9.17) is 17.2 Å². The minimum Gasteiger partial charge on any atom is -0.345 e. The summed E-state index contributed by atoms with van der Waals surface area (Å²) in [5, 5.41) is 5.18. The first-order valence-electron chi connectivity index (χ1n) is 13.2. The van der Waals surface area contributed by atoms with Gasteiger partial charge in [-0.3, -0.25) is 9.59 Å². The van der Waals surface area contributed by atoms with Gasteiger partial charge in [0.2, 0.25) is 5.91 Å². The number of carbonyl (C=O) groups excluding carboxylic acids is 2. The fraction of sp³-hybridized carbons (Fsp3) is 0.400. The number of fused-ring (bicyclic) bond motifs is 1. The molecule has 3 aromatic carbocycles. The molecule has 0 spiro atoms. The van der Waals surface area contributed by atoms with E-state index in [9.17, 15) is 9.59 Å². The van der Waals surface area contributed by atoms with E-state index in [-0.39, 0.29) is 67.7 Å². The van der Waals surface area contributed by atoms with E-state index in [1.807, 2.05) is 72.8 Å². The van der Waals surface area contributed by atoms with E-state index in [1.54, 1.807) is 0 Å². The summed E-state index contributed by atoms with van der Waals surface area (Å²) in [6.07, 6.45) is 1.98. The number of likely N-dealkylation sites (N-methyl/N-ethyl adjacent to an activating group) is 1. The largest absolute Gasteiger partial charge is 0.345 e. The molecule has 0 fully saturated rings. The number of nitrogens with two attached hydrogens (primary N) is 3. The Morgan fingerprint density at radius 2 is 1.37 bits per heavy atom. The number of rotatable bonds is 15. The van der Waals surface area contributed by atoms with E-state index in [0.29, 0.717) is 25.9 Å². The van der Waals surface area contributed by atoms with E-state index < -0.39 is 12.1 Å². The normalized spacial score (nSPS) is 12.0. The van der Waals surface area contributed by atoms with Gasteiger partial charge in [-0.2, -0.15) is 0 Å². The molecule has 0 saturated heterocycles. The molecule has 0 bridgehead atoms. The topological polar surface area (TPSA) is 124 Å². The Hall–Kier alpha value is -1.94. The monoisotopic (exact) mass is 648 g/mol. The smallest absolute Gasteiger partial charge is 0.237 e. The minimum atomic E-state index is -0.684. The van der Waals surface area contributed by atoms with Gasteiger partial charge in [0.1, 0.15) is 0 Å². The molecule has 11 heteroatoms. The molecule has 0 aliphatic rings. The molecule has 0 saturated carbocycles. The Balaban J connectivity index is 0. The Morgan fingerprint density at radius 1 is 0.780 bits per heavy atom. The molecule has 0 heterocycles. The van der Waals surface area contributed by atoms with Gasteiger partial charge in [-0.25, -0.2) is 0 Å². The van der Waals surface area contributed by atoms with E-state index in [1.165, 1.54) is 0 Å². The summed E-state index contributed by atoms with van der Waals surface area (Å²) in [6, 6.07) is 22.5. The molecule has 7 N–H and O–H groups in total. The van der Waals surface area contributed by atoms with Crippen molar-refractivity contribution in [3.63, 3.8) is 0 Å². The van der Waals surface area contributed by atoms with Gasteiger partial charge >= 0.3 is 0 Å². The number of Topliss-reactive ketones (excluding diaryl/α,β-unsaturated/α-hetero) is 1. The number of hydrogen-bond donors (Lipinski definition) is 4. The van der Waals surface area contributed by atoms with Crippen LogP contribution in [0.5, 0.6) is 0 Å². The number of carbonyl (C=O) groups is 2. The first-order chi connectivity index (χ1) is 17.8. The van der Waals surface area contributed by atoms with Crippen LogP contribution < -0.4 is 22.5 Å². The minimum absolute atomic E-state index is 0. The summed E-state index contributed by atoms with van der Waals surface area (Å²) >= 11 is 0. The molecule has 2 atom stereocenters. The molecule has 1 amide bonds. The molecular weight excluding hydrogens is 604 g/mol. The van der Waals surface area contributed by atoms with E-state index in [2.05, 4.69) is 12.4 Å². The zero-order valence-corrected chi connectivity index (χ0v) is 26.8. The second-order valence-corrected chi connectivity index (χ2v) is 10.2. The van der Waals surface area contributed by atoms with Gasteiger partial charge < -0.3 is 27.0 Å². The van der Waals surface area contributed by atoms with Crippen molar-refractivity contribution < 1.29 is 14.1 Å². The maximum absolute atomic E-state index is 13.4. The lowest BCUT2D eigenvalue weighted by Gasteiger charge is -2.34. The van der Waals surface area contributed by atoms with Gasteiger partial charge in [-0.1, -0.05) is 72.8 Å². The third kappa shape index (κ3) is 13.3. The first-order valence-corrected chi connectivity index (χ1v) is 13.2. The Labute approximate surface area is 269 Å². The van der Waals surface area contributed by atoms with Crippen molar-refractivity contribution >= 4 is 72.1 Å². The first kappa shape index (κ1) is 41.2. The van der Waals surface area contributed by atoms with Crippen molar-refractivity contribution in [3.05, 3.63) is 83.9 Å². The average Bonchev–Trinajstić information content (AvgIpc) is 2.89.